The first-order valence-corrected chi connectivity index (χ1v) is 27.5. The van der Waals surface area contributed by atoms with Crippen LogP contribution in [0.4, 0.5) is 0 Å². The van der Waals surface area contributed by atoms with Gasteiger partial charge in [-0.05, 0) is 89.9 Å². The quantitative estimate of drug-likeness (QED) is 0.0199. The van der Waals surface area contributed by atoms with Crippen LogP contribution in [0.3, 0.4) is 0 Å². The maximum Gasteiger partial charge on any atom is 0.306 e. The molecule has 0 amide bonds. The number of carbonyl (C=O) groups excluding carboxylic acids is 3. The summed E-state index contributed by atoms with van der Waals surface area (Å²) >= 11 is 0. The zero-order chi connectivity index (χ0) is 51.4. The van der Waals surface area contributed by atoms with E-state index in [1.165, 1.54) is 38.5 Å². The van der Waals surface area contributed by atoms with Crippen molar-refractivity contribution < 1.29 is 28.6 Å². The monoisotopic (exact) mass is 973 g/mol. The van der Waals surface area contributed by atoms with Crippen LogP contribution in [0.5, 0.6) is 0 Å². The number of unbranched alkanes of at least 4 members (excludes halogenated alkanes) is 15. The van der Waals surface area contributed by atoms with E-state index in [1.807, 2.05) is 122 Å². The molecule has 0 saturated heterocycles. The van der Waals surface area contributed by atoms with E-state index in [0.717, 1.165) is 96.3 Å². The Morgan fingerprint density at radius 1 is 0.296 bits per heavy atom. The van der Waals surface area contributed by atoms with Crippen LogP contribution >= 0.6 is 0 Å². The lowest BCUT2D eigenvalue weighted by Crippen LogP contribution is -2.30. The molecule has 0 rings (SSSR count). The van der Waals surface area contributed by atoms with Crippen molar-refractivity contribution in [3.8, 4) is 0 Å². The predicted octanol–water partition coefficient (Wildman–Crippen LogP) is 18.5. The van der Waals surface area contributed by atoms with Crippen molar-refractivity contribution in [3.05, 3.63) is 182 Å². The van der Waals surface area contributed by atoms with Crippen molar-refractivity contribution in [2.45, 2.75) is 194 Å². The van der Waals surface area contributed by atoms with Crippen LogP contribution in [0.2, 0.25) is 0 Å². The van der Waals surface area contributed by atoms with Crippen molar-refractivity contribution >= 4 is 17.9 Å². The number of carbonyl (C=O) groups is 3. The molecule has 0 aromatic rings. The highest BCUT2D eigenvalue weighted by atomic mass is 16.6. The van der Waals surface area contributed by atoms with Gasteiger partial charge in [-0.15, -0.1) is 0 Å². The van der Waals surface area contributed by atoms with Gasteiger partial charge in [0.1, 0.15) is 13.2 Å². The van der Waals surface area contributed by atoms with Gasteiger partial charge in [0.25, 0.3) is 0 Å². The van der Waals surface area contributed by atoms with Crippen LogP contribution in [0.15, 0.2) is 182 Å². The molecule has 6 heteroatoms. The normalized spacial score (nSPS) is 13.6. The van der Waals surface area contributed by atoms with E-state index < -0.39 is 6.10 Å². The minimum absolute atomic E-state index is 0.124. The molecule has 1 unspecified atom stereocenters. The largest absolute Gasteiger partial charge is 0.462 e. The van der Waals surface area contributed by atoms with Crippen LogP contribution in [0.1, 0.15) is 188 Å². The second kappa shape index (κ2) is 57.1. The fraction of sp³-hybridized carbons (Fsp3) is 0.492. The first-order valence-electron chi connectivity index (χ1n) is 27.5. The predicted molar refractivity (Wildman–Crippen MR) is 306 cm³/mol. The Kier molecular flexibility index (Phi) is 52.7. The van der Waals surface area contributed by atoms with Gasteiger partial charge in [-0.2, -0.15) is 0 Å². The molecule has 0 aromatic carbocycles. The van der Waals surface area contributed by atoms with Crippen molar-refractivity contribution in [1.82, 2.24) is 0 Å². The number of hydrogen-bond donors (Lipinski definition) is 0. The standard InChI is InChI=1S/C65H96O6/c1-4-7-10-13-16-19-22-25-28-31-32-35-37-40-43-46-49-52-55-58-64(67)70-61-62(71-65(68)59-56-53-50-47-44-41-38-34-30-27-24-21-18-15-12-9-6-3)60-69-63(66)57-54-51-48-45-42-39-36-33-29-26-23-20-17-14-11-8-5-2/h7-12,14-21,23-30,33-34,36,38-39,41-42,44,62H,4-6,13,22,31-32,35,37,40,43,45-61H2,1-3H3/b10-7-,11-8-,12-9-,17-14-,18-15-,19-16-,23-20-,24-21-,28-25-,29-26-,30-27-,36-33+,38-34+,42-39-,44-41-. The molecular formula is C65H96O6. The molecule has 0 heterocycles. The summed E-state index contributed by atoms with van der Waals surface area (Å²) in [5.41, 5.74) is 0. The zero-order valence-corrected chi connectivity index (χ0v) is 44.6. The molecule has 0 aliphatic heterocycles. The third kappa shape index (κ3) is 55.3. The van der Waals surface area contributed by atoms with E-state index in [9.17, 15) is 14.4 Å². The molecule has 0 spiro atoms. The van der Waals surface area contributed by atoms with E-state index in [2.05, 4.69) is 81.5 Å². The second-order valence-electron chi connectivity index (χ2n) is 17.3. The van der Waals surface area contributed by atoms with Crippen LogP contribution in [0.25, 0.3) is 0 Å². The lowest BCUT2D eigenvalue weighted by molar-refractivity contribution is -0.167. The minimum Gasteiger partial charge on any atom is -0.462 e. The molecule has 1 atom stereocenters. The molecule has 392 valence electrons. The van der Waals surface area contributed by atoms with Gasteiger partial charge in [0.15, 0.2) is 6.10 Å². The van der Waals surface area contributed by atoms with Gasteiger partial charge in [0, 0.05) is 19.3 Å². The summed E-state index contributed by atoms with van der Waals surface area (Å²) in [6, 6.07) is 0. The van der Waals surface area contributed by atoms with E-state index >= 15 is 0 Å². The van der Waals surface area contributed by atoms with Crippen LogP contribution < -0.4 is 0 Å². The summed E-state index contributed by atoms with van der Waals surface area (Å²) in [5.74, 6) is -1.03. The molecule has 0 aliphatic rings. The number of hydrogen-bond acceptors (Lipinski definition) is 6. The Hall–Kier alpha value is -5.49. The van der Waals surface area contributed by atoms with Gasteiger partial charge < -0.3 is 14.2 Å². The Balaban J connectivity index is 4.61. The molecule has 0 saturated carbocycles. The summed E-state index contributed by atoms with van der Waals surface area (Å²) in [5, 5.41) is 0. The van der Waals surface area contributed by atoms with Crippen LogP contribution in [-0.2, 0) is 28.6 Å². The Morgan fingerprint density at radius 2 is 0.577 bits per heavy atom. The SMILES string of the molecule is CC\C=C/C=C\C=C/C=C\C=C\C=C/CCCCCC(=O)OCC(COC(=O)CCCCCCCCCCC/C=C\C/C=C\C/C=C\CC)OC(=O)CCCCC\C=C/C=C/C=C\C=C/C=C\C=C/CC. The maximum atomic E-state index is 12.8. The smallest absolute Gasteiger partial charge is 0.306 e. The molecule has 71 heavy (non-hydrogen) atoms. The van der Waals surface area contributed by atoms with Gasteiger partial charge in [-0.25, -0.2) is 0 Å². The first kappa shape index (κ1) is 65.5. The lowest BCUT2D eigenvalue weighted by atomic mass is 10.1. The topological polar surface area (TPSA) is 78.9 Å². The van der Waals surface area contributed by atoms with E-state index in [4.69, 9.17) is 14.2 Å². The van der Waals surface area contributed by atoms with Gasteiger partial charge in [-0.3, -0.25) is 14.4 Å². The number of esters is 3. The summed E-state index contributed by atoms with van der Waals surface area (Å²) in [4.78, 5) is 38.1. The Bertz CT molecular complexity index is 1730. The van der Waals surface area contributed by atoms with E-state index in [1.54, 1.807) is 0 Å². The van der Waals surface area contributed by atoms with Crippen molar-refractivity contribution in [1.29, 1.82) is 0 Å². The molecule has 6 nitrogen and oxygen atoms in total. The molecule has 0 radical (unpaired) electrons. The van der Waals surface area contributed by atoms with Gasteiger partial charge in [-0.1, -0.05) is 261 Å². The average molecular weight is 973 g/mol. The lowest BCUT2D eigenvalue weighted by Gasteiger charge is -2.18. The average Bonchev–Trinajstić information content (AvgIpc) is 3.37. The summed E-state index contributed by atoms with van der Waals surface area (Å²) in [6.45, 7) is 6.13. The minimum atomic E-state index is -0.834. The van der Waals surface area contributed by atoms with Gasteiger partial charge in [0.2, 0.25) is 0 Å². The molecule has 0 N–H and O–H groups in total. The fourth-order valence-corrected chi connectivity index (χ4v) is 6.69. The third-order valence-electron chi connectivity index (χ3n) is 10.7. The third-order valence-corrected chi connectivity index (χ3v) is 10.7. The summed E-state index contributed by atoms with van der Waals surface area (Å²) in [7, 11) is 0. The first-order chi connectivity index (χ1) is 35.0. The number of allylic oxidation sites excluding steroid dienone is 30. The summed E-state index contributed by atoms with van der Waals surface area (Å²) in [6.07, 6.45) is 85.8. The number of rotatable bonds is 46. The fourth-order valence-electron chi connectivity index (χ4n) is 6.69. The Labute approximate surface area is 434 Å². The molecule has 0 bridgehead atoms. The van der Waals surface area contributed by atoms with Crippen molar-refractivity contribution in [3.63, 3.8) is 0 Å². The second-order valence-corrected chi connectivity index (χ2v) is 17.3. The molecule has 0 fully saturated rings. The van der Waals surface area contributed by atoms with Gasteiger partial charge in [0.05, 0.1) is 0 Å². The molecule has 0 aliphatic carbocycles. The van der Waals surface area contributed by atoms with Crippen LogP contribution in [-0.4, -0.2) is 37.2 Å². The maximum absolute atomic E-state index is 12.8. The number of ether oxygens (including phenoxy) is 3. The highest BCUT2D eigenvalue weighted by molar-refractivity contribution is 5.71. The summed E-state index contributed by atoms with van der Waals surface area (Å²) < 4.78 is 16.8. The van der Waals surface area contributed by atoms with Crippen molar-refractivity contribution in [2.75, 3.05) is 13.2 Å². The highest BCUT2D eigenvalue weighted by Gasteiger charge is 2.19. The molecular weight excluding hydrogens is 877 g/mol. The van der Waals surface area contributed by atoms with E-state index in [-0.39, 0.29) is 44.0 Å². The zero-order valence-electron chi connectivity index (χ0n) is 44.6. The van der Waals surface area contributed by atoms with Crippen molar-refractivity contribution in [2.24, 2.45) is 0 Å². The van der Waals surface area contributed by atoms with Gasteiger partial charge >= 0.3 is 17.9 Å². The molecule has 0 aromatic heterocycles. The highest BCUT2D eigenvalue weighted by Crippen LogP contribution is 2.13. The van der Waals surface area contributed by atoms with E-state index in [0.29, 0.717) is 19.3 Å². The van der Waals surface area contributed by atoms with Crippen LogP contribution in [0, 0.1) is 0 Å². The Morgan fingerprint density at radius 3 is 0.972 bits per heavy atom.